The van der Waals surface area contributed by atoms with Gasteiger partial charge in [0.1, 0.15) is 0 Å². The molecule has 1 aromatic carbocycles. The SMILES string of the molecule is COc1cc(CN2CCN(CCCCC(=O)O)CC2)cc(OC)c1OC. The summed E-state index contributed by atoms with van der Waals surface area (Å²) in [5.41, 5.74) is 1.13. The third-order valence-electron chi connectivity index (χ3n) is 4.71. The van der Waals surface area contributed by atoms with E-state index in [0.29, 0.717) is 17.2 Å². The number of carbonyl (C=O) groups is 1. The van der Waals surface area contributed by atoms with Crippen LogP contribution in [0.3, 0.4) is 0 Å². The normalized spacial score (nSPS) is 15.7. The molecule has 0 spiro atoms. The van der Waals surface area contributed by atoms with Crippen molar-refractivity contribution in [2.75, 3.05) is 54.1 Å². The van der Waals surface area contributed by atoms with Gasteiger partial charge in [0.25, 0.3) is 0 Å². The number of nitrogens with zero attached hydrogens (tertiary/aromatic N) is 2. The molecule has 7 heteroatoms. The van der Waals surface area contributed by atoms with E-state index in [1.807, 2.05) is 12.1 Å². The highest BCUT2D eigenvalue weighted by Gasteiger charge is 2.19. The predicted molar refractivity (Wildman–Crippen MR) is 99.3 cm³/mol. The minimum atomic E-state index is -0.708. The maximum absolute atomic E-state index is 10.6. The number of hydrogen-bond acceptors (Lipinski definition) is 6. The van der Waals surface area contributed by atoms with Gasteiger partial charge in [-0.25, -0.2) is 0 Å². The van der Waals surface area contributed by atoms with Crippen LogP contribution in [0.4, 0.5) is 0 Å². The van der Waals surface area contributed by atoms with Crippen LogP contribution in [0.1, 0.15) is 24.8 Å². The number of hydrogen-bond donors (Lipinski definition) is 1. The lowest BCUT2D eigenvalue weighted by molar-refractivity contribution is -0.137. The van der Waals surface area contributed by atoms with E-state index in [0.717, 1.165) is 57.7 Å². The number of piperazine rings is 1. The van der Waals surface area contributed by atoms with Crippen molar-refractivity contribution in [1.82, 2.24) is 9.80 Å². The third kappa shape index (κ3) is 5.78. The molecule has 26 heavy (non-hydrogen) atoms. The lowest BCUT2D eigenvalue weighted by atomic mass is 10.1. The number of carboxylic acid groups (broad SMARTS) is 1. The smallest absolute Gasteiger partial charge is 0.303 e. The number of methoxy groups -OCH3 is 3. The zero-order chi connectivity index (χ0) is 18.9. The van der Waals surface area contributed by atoms with Crippen molar-refractivity contribution < 1.29 is 24.1 Å². The lowest BCUT2D eigenvalue weighted by Crippen LogP contribution is -2.46. The molecule has 0 unspecified atom stereocenters. The van der Waals surface area contributed by atoms with E-state index in [2.05, 4.69) is 9.80 Å². The summed E-state index contributed by atoms with van der Waals surface area (Å²) in [4.78, 5) is 15.4. The van der Waals surface area contributed by atoms with Crippen molar-refractivity contribution >= 4 is 5.97 Å². The molecule has 1 heterocycles. The fraction of sp³-hybridized carbons (Fsp3) is 0.632. The van der Waals surface area contributed by atoms with E-state index < -0.39 is 5.97 Å². The highest BCUT2D eigenvalue weighted by atomic mass is 16.5. The first-order chi connectivity index (χ1) is 12.6. The largest absolute Gasteiger partial charge is 0.493 e. The van der Waals surface area contributed by atoms with Crippen molar-refractivity contribution in [2.45, 2.75) is 25.8 Å². The first-order valence-electron chi connectivity index (χ1n) is 9.02. The fourth-order valence-electron chi connectivity index (χ4n) is 3.27. The van der Waals surface area contributed by atoms with Crippen LogP contribution in [0.5, 0.6) is 17.2 Å². The Bertz CT molecular complexity index is 560. The van der Waals surface area contributed by atoms with E-state index >= 15 is 0 Å². The molecule has 2 rings (SSSR count). The topological polar surface area (TPSA) is 71.5 Å². The standard InChI is InChI=1S/C19H30N2O5/c1-24-16-12-15(13-17(25-2)19(16)26-3)14-21-10-8-20(9-11-21)7-5-4-6-18(22)23/h12-13H,4-11,14H2,1-3H3,(H,22,23). The van der Waals surface area contributed by atoms with Gasteiger partial charge in [-0.05, 0) is 37.1 Å². The molecule has 146 valence electrons. The fourth-order valence-corrected chi connectivity index (χ4v) is 3.27. The van der Waals surface area contributed by atoms with Gasteiger partial charge < -0.3 is 24.2 Å². The van der Waals surface area contributed by atoms with Gasteiger partial charge in [0.2, 0.25) is 5.75 Å². The van der Waals surface area contributed by atoms with Crippen molar-refractivity contribution in [3.63, 3.8) is 0 Å². The summed E-state index contributed by atoms with van der Waals surface area (Å²) in [5.74, 6) is 1.27. The van der Waals surface area contributed by atoms with E-state index in [1.165, 1.54) is 0 Å². The molecule has 0 bridgehead atoms. The van der Waals surface area contributed by atoms with Crippen molar-refractivity contribution in [1.29, 1.82) is 0 Å². The minimum Gasteiger partial charge on any atom is -0.493 e. The second-order valence-electron chi connectivity index (χ2n) is 6.50. The Hall–Kier alpha value is -1.99. The maximum atomic E-state index is 10.6. The molecule has 1 aliphatic heterocycles. The van der Waals surface area contributed by atoms with Crippen LogP contribution in [0, 0.1) is 0 Å². The number of benzene rings is 1. The Labute approximate surface area is 155 Å². The number of carboxylic acids is 1. The van der Waals surface area contributed by atoms with E-state index in [1.54, 1.807) is 21.3 Å². The average Bonchev–Trinajstić information content (AvgIpc) is 2.65. The average molecular weight is 366 g/mol. The van der Waals surface area contributed by atoms with Crippen molar-refractivity contribution in [3.8, 4) is 17.2 Å². The summed E-state index contributed by atoms with van der Waals surface area (Å²) in [6.07, 6.45) is 1.96. The molecule has 0 radical (unpaired) electrons. The molecule has 0 amide bonds. The van der Waals surface area contributed by atoms with Crippen LogP contribution >= 0.6 is 0 Å². The van der Waals surface area contributed by atoms with Crippen LogP contribution in [0.2, 0.25) is 0 Å². The lowest BCUT2D eigenvalue weighted by Gasteiger charge is -2.34. The van der Waals surface area contributed by atoms with Crippen molar-refractivity contribution in [3.05, 3.63) is 17.7 Å². The number of aliphatic carboxylic acids is 1. The number of rotatable bonds is 10. The molecule has 0 aliphatic carbocycles. The van der Waals surface area contributed by atoms with Gasteiger partial charge in [-0.3, -0.25) is 9.69 Å². The minimum absolute atomic E-state index is 0.265. The van der Waals surface area contributed by atoms with Gasteiger partial charge >= 0.3 is 5.97 Å². The summed E-state index contributed by atoms with van der Waals surface area (Å²) in [6.45, 7) is 5.83. The Kier molecular flexibility index (Phi) is 8.00. The molecule has 0 saturated carbocycles. The Morgan fingerprint density at radius 1 is 0.962 bits per heavy atom. The number of unbranched alkanes of at least 4 members (excludes halogenated alkanes) is 1. The van der Waals surface area contributed by atoms with Crippen LogP contribution < -0.4 is 14.2 Å². The third-order valence-corrected chi connectivity index (χ3v) is 4.71. The molecule has 1 N–H and O–H groups in total. The quantitative estimate of drug-likeness (QED) is 0.636. The van der Waals surface area contributed by atoms with Crippen LogP contribution in [-0.2, 0) is 11.3 Å². The Morgan fingerprint density at radius 3 is 2.04 bits per heavy atom. The molecule has 1 aromatic rings. The second-order valence-corrected chi connectivity index (χ2v) is 6.50. The highest BCUT2D eigenvalue weighted by molar-refractivity contribution is 5.66. The predicted octanol–water partition coefficient (Wildman–Crippen LogP) is 2.08. The molecule has 0 aromatic heterocycles. The highest BCUT2D eigenvalue weighted by Crippen LogP contribution is 2.38. The Balaban J connectivity index is 1.84. The van der Waals surface area contributed by atoms with E-state index in [-0.39, 0.29) is 6.42 Å². The van der Waals surface area contributed by atoms with Gasteiger partial charge in [0, 0.05) is 39.1 Å². The molecule has 1 fully saturated rings. The zero-order valence-corrected chi connectivity index (χ0v) is 16.0. The molecule has 0 atom stereocenters. The number of ether oxygens (including phenoxy) is 3. The van der Waals surface area contributed by atoms with Gasteiger partial charge in [-0.15, -0.1) is 0 Å². The summed E-state index contributed by atoms with van der Waals surface area (Å²) < 4.78 is 16.2. The van der Waals surface area contributed by atoms with Crippen molar-refractivity contribution in [2.24, 2.45) is 0 Å². The molecule has 7 nitrogen and oxygen atoms in total. The molecule has 1 saturated heterocycles. The second kappa shape index (κ2) is 10.2. The van der Waals surface area contributed by atoms with Crippen LogP contribution in [0.15, 0.2) is 12.1 Å². The monoisotopic (exact) mass is 366 g/mol. The van der Waals surface area contributed by atoms with Gasteiger partial charge in [0.15, 0.2) is 11.5 Å². The summed E-state index contributed by atoms with van der Waals surface area (Å²) in [5, 5.41) is 8.69. The first-order valence-corrected chi connectivity index (χ1v) is 9.02. The van der Waals surface area contributed by atoms with Gasteiger partial charge in [-0.1, -0.05) is 0 Å². The first kappa shape index (κ1) is 20.3. The summed E-state index contributed by atoms with van der Waals surface area (Å²) in [7, 11) is 4.87. The molecular weight excluding hydrogens is 336 g/mol. The van der Waals surface area contributed by atoms with E-state index in [9.17, 15) is 4.79 Å². The van der Waals surface area contributed by atoms with Crippen LogP contribution in [0.25, 0.3) is 0 Å². The Morgan fingerprint density at radius 2 is 1.54 bits per heavy atom. The molecular formula is C19H30N2O5. The van der Waals surface area contributed by atoms with Gasteiger partial charge in [-0.2, -0.15) is 0 Å². The summed E-state index contributed by atoms with van der Waals surface area (Å²) in [6, 6.07) is 4.00. The van der Waals surface area contributed by atoms with Crippen LogP contribution in [-0.4, -0.2) is 74.9 Å². The maximum Gasteiger partial charge on any atom is 0.303 e. The van der Waals surface area contributed by atoms with E-state index in [4.69, 9.17) is 19.3 Å². The zero-order valence-electron chi connectivity index (χ0n) is 16.0. The molecule has 1 aliphatic rings. The van der Waals surface area contributed by atoms with Gasteiger partial charge in [0.05, 0.1) is 21.3 Å². The summed E-state index contributed by atoms with van der Waals surface area (Å²) >= 11 is 0.